The minimum Gasteiger partial charge on any atom is -0.482 e. The highest BCUT2D eigenvalue weighted by molar-refractivity contribution is 5.70. The van der Waals surface area contributed by atoms with E-state index in [2.05, 4.69) is 15.1 Å². The molecule has 8 nitrogen and oxygen atoms in total. The van der Waals surface area contributed by atoms with Crippen LogP contribution in [-0.2, 0) is 14.3 Å². The lowest BCUT2D eigenvalue weighted by Gasteiger charge is -2.36. The third-order valence-electron chi connectivity index (χ3n) is 3.71. The molecule has 1 aromatic rings. The van der Waals surface area contributed by atoms with Gasteiger partial charge in [0.1, 0.15) is 11.4 Å². The monoisotopic (exact) mass is 365 g/mol. The Morgan fingerprint density at radius 1 is 1.08 bits per heavy atom. The maximum absolute atomic E-state index is 11.8. The fraction of sp³-hybridized carbons (Fsp3) is 0.556. The van der Waals surface area contributed by atoms with Crippen LogP contribution >= 0.6 is 0 Å². The van der Waals surface area contributed by atoms with Gasteiger partial charge in [0.15, 0.2) is 6.61 Å². The normalized spacial score (nSPS) is 15.3. The number of hydrazine groups is 1. The number of amides is 1. The van der Waals surface area contributed by atoms with Gasteiger partial charge in [-0.1, -0.05) is 0 Å². The van der Waals surface area contributed by atoms with Crippen LogP contribution in [0.5, 0.6) is 5.75 Å². The number of methoxy groups -OCH3 is 1. The molecule has 26 heavy (non-hydrogen) atoms. The number of piperazine rings is 1. The third kappa shape index (κ3) is 6.44. The van der Waals surface area contributed by atoms with Crippen molar-refractivity contribution in [3.05, 3.63) is 24.3 Å². The van der Waals surface area contributed by atoms with Crippen molar-refractivity contribution in [3.8, 4) is 5.75 Å². The molecule has 1 heterocycles. The molecule has 0 aromatic heterocycles. The minimum absolute atomic E-state index is 0.106. The first-order chi connectivity index (χ1) is 12.3. The minimum atomic E-state index is -0.510. The fourth-order valence-corrected chi connectivity index (χ4v) is 2.46. The lowest BCUT2D eigenvalue weighted by Crippen LogP contribution is -2.54. The van der Waals surface area contributed by atoms with Crippen LogP contribution in [0.25, 0.3) is 0 Å². The smallest absolute Gasteiger partial charge is 0.422 e. The third-order valence-corrected chi connectivity index (χ3v) is 3.71. The van der Waals surface area contributed by atoms with Crippen molar-refractivity contribution in [2.45, 2.75) is 26.4 Å². The molecule has 1 aliphatic rings. The van der Waals surface area contributed by atoms with Crippen LogP contribution in [0, 0.1) is 0 Å². The molecule has 1 saturated heterocycles. The van der Waals surface area contributed by atoms with Crippen molar-refractivity contribution in [1.82, 2.24) is 10.4 Å². The van der Waals surface area contributed by atoms with E-state index < -0.39 is 17.7 Å². The average molecular weight is 365 g/mol. The fourth-order valence-electron chi connectivity index (χ4n) is 2.46. The Morgan fingerprint density at radius 3 is 2.23 bits per heavy atom. The van der Waals surface area contributed by atoms with E-state index >= 15 is 0 Å². The number of rotatable bonds is 5. The number of carbonyl (C=O) groups excluding carboxylic acids is 2. The van der Waals surface area contributed by atoms with Crippen molar-refractivity contribution in [2.24, 2.45) is 0 Å². The average Bonchev–Trinajstić information content (AvgIpc) is 2.59. The van der Waals surface area contributed by atoms with Crippen LogP contribution in [-0.4, -0.2) is 62.6 Å². The van der Waals surface area contributed by atoms with Gasteiger partial charge >= 0.3 is 12.1 Å². The van der Waals surface area contributed by atoms with Gasteiger partial charge in [0.2, 0.25) is 0 Å². The van der Waals surface area contributed by atoms with E-state index in [1.54, 1.807) is 0 Å². The van der Waals surface area contributed by atoms with E-state index in [1.165, 1.54) is 7.11 Å². The molecular formula is C18H27N3O5. The highest BCUT2D eigenvalue weighted by Gasteiger charge is 2.22. The predicted molar refractivity (Wildman–Crippen MR) is 97.1 cm³/mol. The SMILES string of the molecule is COC(=O)COc1ccc(N2CCN(NC(=O)OC(C)(C)C)CC2)cc1. The molecule has 1 N–H and O–H groups in total. The van der Waals surface area contributed by atoms with Gasteiger partial charge in [0, 0.05) is 31.9 Å². The summed E-state index contributed by atoms with van der Waals surface area (Å²) in [7, 11) is 1.33. The van der Waals surface area contributed by atoms with Crippen LogP contribution in [0.15, 0.2) is 24.3 Å². The van der Waals surface area contributed by atoms with Crippen LogP contribution in [0.1, 0.15) is 20.8 Å². The molecule has 0 bridgehead atoms. The first-order valence-corrected chi connectivity index (χ1v) is 8.56. The van der Waals surface area contributed by atoms with Crippen LogP contribution in [0.4, 0.5) is 10.5 Å². The number of esters is 1. The zero-order valence-corrected chi connectivity index (χ0v) is 15.8. The topological polar surface area (TPSA) is 80.3 Å². The van der Waals surface area contributed by atoms with E-state index in [0.717, 1.165) is 18.8 Å². The number of anilines is 1. The molecule has 1 aliphatic heterocycles. The van der Waals surface area contributed by atoms with Crippen molar-refractivity contribution < 1.29 is 23.8 Å². The summed E-state index contributed by atoms with van der Waals surface area (Å²) in [5.74, 6) is 0.201. The second-order valence-electron chi connectivity index (χ2n) is 6.95. The number of nitrogens with one attached hydrogen (secondary N) is 1. The maximum atomic E-state index is 11.8. The highest BCUT2D eigenvalue weighted by atomic mass is 16.6. The van der Waals surface area contributed by atoms with Gasteiger partial charge < -0.3 is 19.1 Å². The number of nitrogens with zero attached hydrogens (tertiary/aromatic N) is 2. The first kappa shape index (κ1) is 19.8. The summed E-state index contributed by atoms with van der Waals surface area (Å²) < 4.78 is 15.1. The van der Waals surface area contributed by atoms with Gasteiger partial charge in [-0.25, -0.2) is 14.6 Å². The number of hydrogen-bond acceptors (Lipinski definition) is 7. The summed E-state index contributed by atoms with van der Waals surface area (Å²) in [6, 6.07) is 7.54. The quantitative estimate of drug-likeness (QED) is 0.797. The lowest BCUT2D eigenvalue weighted by atomic mass is 10.2. The number of benzene rings is 1. The summed E-state index contributed by atoms with van der Waals surface area (Å²) >= 11 is 0. The van der Waals surface area contributed by atoms with Crippen molar-refractivity contribution in [1.29, 1.82) is 0 Å². The molecule has 2 rings (SSSR count). The molecule has 0 radical (unpaired) electrons. The number of hydrogen-bond donors (Lipinski definition) is 1. The molecule has 1 aromatic carbocycles. The second kappa shape index (κ2) is 8.75. The Bertz CT molecular complexity index is 604. The highest BCUT2D eigenvalue weighted by Crippen LogP contribution is 2.20. The second-order valence-corrected chi connectivity index (χ2v) is 6.95. The van der Waals surface area contributed by atoms with Crippen molar-refractivity contribution in [2.75, 3.05) is 44.8 Å². The predicted octanol–water partition coefficient (Wildman–Crippen LogP) is 1.80. The van der Waals surface area contributed by atoms with Gasteiger partial charge in [0.05, 0.1) is 7.11 Å². The van der Waals surface area contributed by atoms with Gasteiger partial charge in [0.25, 0.3) is 0 Å². The Hall–Kier alpha value is -2.48. The van der Waals surface area contributed by atoms with E-state index in [-0.39, 0.29) is 6.61 Å². The lowest BCUT2D eigenvalue weighted by molar-refractivity contribution is -0.142. The molecule has 0 spiro atoms. The first-order valence-electron chi connectivity index (χ1n) is 8.56. The molecule has 0 saturated carbocycles. The molecule has 0 atom stereocenters. The van der Waals surface area contributed by atoms with Gasteiger partial charge in [-0.3, -0.25) is 5.43 Å². The summed E-state index contributed by atoms with van der Waals surface area (Å²) in [5.41, 5.74) is 3.32. The van der Waals surface area contributed by atoms with Crippen molar-refractivity contribution >= 4 is 17.7 Å². The Morgan fingerprint density at radius 2 is 1.69 bits per heavy atom. The van der Waals surface area contributed by atoms with Crippen molar-refractivity contribution in [3.63, 3.8) is 0 Å². The summed E-state index contributed by atoms with van der Waals surface area (Å²) in [5, 5.41) is 1.86. The van der Waals surface area contributed by atoms with E-state index in [1.807, 2.05) is 50.0 Å². The van der Waals surface area contributed by atoms with Crippen LogP contribution < -0.4 is 15.1 Å². The standard InChI is InChI=1S/C18H27N3O5/c1-18(2,3)26-17(23)19-21-11-9-20(10-12-21)14-5-7-15(8-6-14)25-13-16(22)24-4/h5-8H,9-13H2,1-4H3,(H,19,23). The van der Waals surface area contributed by atoms with Crippen LogP contribution in [0.3, 0.4) is 0 Å². The van der Waals surface area contributed by atoms with Gasteiger partial charge in [-0.05, 0) is 45.0 Å². The summed E-state index contributed by atoms with van der Waals surface area (Å²) in [6.45, 7) is 8.34. The molecule has 8 heteroatoms. The van der Waals surface area contributed by atoms with Gasteiger partial charge in [-0.2, -0.15) is 0 Å². The van der Waals surface area contributed by atoms with E-state index in [4.69, 9.17) is 9.47 Å². The van der Waals surface area contributed by atoms with E-state index in [9.17, 15) is 9.59 Å². The summed E-state index contributed by atoms with van der Waals surface area (Å²) in [4.78, 5) is 25.1. The maximum Gasteiger partial charge on any atom is 0.422 e. The zero-order valence-electron chi connectivity index (χ0n) is 15.8. The largest absolute Gasteiger partial charge is 0.482 e. The molecule has 1 fully saturated rings. The Kier molecular flexibility index (Phi) is 6.68. The Labute approximate surface area is 154 Å². The van der Waals surface area contributed by atoms with Gasteiger partial charge in [-0.15, -0.1) is 0 Å². The molecular weight excluding hydrogens is 338 g/mol. The van der Waals surface area contributed by atoms with Crippen LogP contribution in [0.2, 0.25) is 0 Å². The molecule has 144 valence electrons. The molecule has 0 aliphatic carbocycles. The molecule has 0 unspecified atom stereocenters. The zero-order chi connectivity index (χ0) is 19.2. The number of carbonyl (C=O) groups is 2. The molecule has 1 amide bonds. The Balaban J connectivity index is 1.78. The number of ether oxygens (including phenoxy) is 3. The van der Waals surface area contributed by atoms with E-state index in [0.29, 0.717) is 18.8 Å². The summed E-state index contributed by atoms with van der Waals surface area (Å²) in [6.07, 6.45) is -0.432.